The molecular formula is C33H32Cl2N4O4. The summed E-state index contributed by atoms with van der Waals surface area (Å²) >= 11 is 12.8. The predicted octanol–water partition coefficient (Wildman–Crippen LogP) is 7.30. The fourth-order valence-electron chi connectivity index (χ4n) is 5.76. The zero-order chi connectivity index (χ0) is 30.5. The number of halogens is 2. The van der Waals surface area contributed by atoms with Crippen LogP contribution in [0.3, 0.4) is 0 Å². The van der Waals surface area contributed by atoms with Crippen LogP contribution in [-0.2, 0) is 17.8 Å². The Morgan fingerprint density at radius 2 is 1.44 bits per heavy atom. The lowest BCUT2D eigenvalue weighted by atomic mass is 9.96. The van der Waals surface area contributed by atoms with Crippen LogP contribution in [0.5, 0.6) is 0 Å². The molecule has 0 N–H and O–H groups in total. The van der Waals surface area contributed by atoms with Crippen molar-refractivity contribution < 1.29 is 19.1 Å². The van der Waals surface area contributed by atoms with Crippen molar-refractivity contribution in [2.75, 3.05) is 13.1 Å². The van der Waals surface area contributed by atoms with E-state index in [1.165, 1.54) is 4.90 Å². The molecule has 0 aliphatic carbocycles. The van der Waals surface area contributed by atoms with Gasteiger partial charge in [-0.05, 0) is 69.0 Å². The van der Waals surface area contributed by atoms with Gasteiger partial charge in [0.2, 0.25) is 0 Å². The lowest BCUT2D eigenvalue weighted by molar-refractivity contribution is 0.0202. The molecule has 3 amide bonds. The molecule has 0 spiro atoms. The average Bonchev–Trinajstić information content (AvgIpc) is 3.43. The Morgan fingerprint density at radius 3 is 2.02 bits per heavy atom. The number of amides is 3. The maximum absolute atomic E-state index is 12.8. The molecule has 0 atom stereocenters. The first-order valence-corrected chi connectivity index (χ1v) is 15.1. The quantitative estimate of drug-likeness (QED) is 0.219. The minimum Gasteiger partial charge on any atom is -0.444 e. The van der Waals surface area contributed by atoms with Crippen molar-refractivity contribution in [2.24, 2.45) is 0 Å². The van der Waals surface area contributed by atoms with Crippen molar-refractivity contribution in [1.82, 2.24) is 19.4 Å². The molecule has 10 heteroatoms. The summed E-state index contributed by atoms with van der Waals surface area (Å²) in [5.74, 6) is 0.518. The van der Waals surface area contributed by atoms with E-state index in [1.807, 2.05) is 51.1 Å². The number of hydrogen-bond acceptors (Lipinski definition) is 5. The third-order valence-corrected chi connectivity index (χ3v) is 8.64. The molecule has 43 heavy (non-hydrogen) atoms. The van der Waals surface area contributed by atoms with Gasteiger partial charge in [-0.15, -0.1) is 0 Å². The molecule has 1 saturated heterocycles. The third kappa shape index (κ3) is 5.86. The van der Waals surface area contributed by atoms with Gasteiger partial charge in [0.25, 0.3) is 11.8 Å². The van der Waals surface area contributed by atoms with E-state index in [2.05, 4.69) is 4.57 Å². The molecule has 0 unspecified atom stereocenters. The maximum atomic E-state index is 12.8. The second-order valence-corrected chi connectivity index (χ2v) is 12.9. The van der Waals surface area contributed by atoms with Crippen molar-refractivity contribution in [3.8, 4) is 0 Å². The Bertz CT molecular complexity index is 1700. The van der Waals surface area contributed by atoms with Crippen LogP contribution in [0.1, 0.15) is 77.2 Å². The van der Waals surface area contributed by atoms with E-state index >= 15 is 0 Å². The van der Waals surface area contributed by atoms with Crippen molar-refractivity contribution in [3.63, 3.8) is 0 Å². The first-order chi connectivity index (χ1) is 20.5. The molecule has 6 rings (SSSR count). The number of carbonyl (C=O) groups is 3. The third-order valence-electron chi connectivity index (χ3n) is 7.91. The standard InChI is InChI=1S/C33H32Cl2N4O4/c1-33(2,3)43-32(42)37-14-12-22(13-15-37)29-36-27-16-25(34)26(35)17-28(27)38(29)18-20-8-10-21(11-9-20)19-39-30(40)23-6-4-5-7-24(23)31(39)41/h4-11,16-17,22H,12-15,18-19H2,1-3H3. The molecule has 4 aromatic rings. The first-order valence-electron chi connectivity index (χ1n) is 14.3. The highest BCUT2D eigenvalue weighted by Gasteiger charge is 2.35. The molecule has 1 fully saturated rings. The van der Waals surface area contributed by atoms with Crippen molar-refractivity contribution in [1.29, 1.82) is 0 Å². The Morgan fingerprint density at radius 1 is 0.884 bits per heavy atom. The van der Waals surface area contributed by atoms with E-state index in [4.69, 9.17) is 32.9 Å². The number of carbonyl (C=O) groups excluding carboxylic acids is 3. The summed E-state index contributed by atoms with van der Waals surface area (Å²) < 4.78 is 7.74. The summed E-state index contributed by atoms with van der Waals surface area (Å²) in [6.07, 6.45) is 1.21. The van der Waals surface area contributed by atoms with Crippen LogP contribution in [0.4, 0.5) is 4.79 Å². The second-order valence-electron chi connectivity index (χ2n) is 12.1. The van der Waals surface area contributed by atoms with Crippen molar-refractivity contribution in [3.05, 3.63) is 98.8 Å². The van der Waals surface area contributed by atoms with Gasteiger partial charge in [-0.1, -0.05) is 59.6 Å². The number of nitrogens with zero attached hydrogens (tertiary/aromatic N) is 4. The topological polar surface area (TPSA) is 84.7 Å². The van der Waals surface area contributed by atoms with Crippen LogP contribution >= 0.6 is 23.2 Å². The molecule has 1 aromatic heterocycles. The van der Waals surface area contributed by atoms with Gasteiger partial charge in [-0.25, -0.2) is 9.78 Å². The molecule has 222 valence electrons. The molecule has 0 saturated carbocycles. The average molecular weight is 620 g/mol. The number of piperidine rings is 1. The Kier molecular flexibility index (Phi) is 7.69. The molecule has 8 nitrogen and oxygen atoms in total. The predicted molar refractivity (Wildman–Crippen MR) is 166 cm³/mol. The van der Waals surface area contributed by atoms with E-state index < -0.39 is 5.60 Å². The van der Waals surface area contributed by atoms with Crippen LogP contribution in [0.15, 0.2) is 60.7 Å². The smallest absolute Gasteiger partial charge is 0.410 e. The van der Waals surface area contributed by atoms with E-state index in [0.717, 1.165) is 40.8 Å². The molecular weight excluding hydrogens is 587 g/mol. The number of aromatic nitrogens is 2. The summed E-state index contributed by atoms with van der Waals surface area (Å²) in [5.41, 5.74) is 3.89. The number of fused-ring (bicyclic) bond motifs is 2. The monoisotopic (exact) mass is 618 g/mol. The Balaban J connectivity index is 1.22. The van der Waals surface area contributed by atoms with Gasteiger partial charge in [0.15, 0.2) is 0 Å². The summed E-state index contributed by atoms with van der Waals surface area (Å²) in [7, 11) is 0. The van der Waals surface area contributed by atoms with Gasteiger partial charge >= 0.3 is 6.09 Å². The lowest BCUT2D eigenvalue weighted by Gasteiger charge is -2.33. The number of ether oxygens (including phenoxy) is 1. The zero-order valence-corrected chi connectivity index (χ0v) is 25.8. The molecule has 2 aliphatic heterocycles. The van der Waals surface area contributed by atoms with Crippen LogP contribution < -0.4 is 0 Å². The fourth-order valence-corrected chi connectivity index (χ4v) is 6.08. The van der Waals surface area contributed by atoms with Gasteiger partial charge in [-0.3, -0.25) is 14.5 Å². The maximum Gasteiger partial charge on any atom is 0.410 e. The minimum atomic E-state index is -0.541. The summed E-state index contributed by atoms with van der Waals surface area (Å²) in [5, 5.41) is 0.903. The molecule has 3 heterocycles. The van der Waals surface area contributed by atoms with Gasteiger partial charge < -0.3 is 14.2 Å². The minimum absolute atomic E-state index is 0.136. The highest BCUT2D eigenvalue weighted by molar-refractivity contribution is 6.42. The highest BCUT2D eigenvalue weighted by Crippen LogP contribution is 2.35. The summed E-state index contributed by atoms with van der Waals surface area (Å²) in [6.45, 7) is 7.52. The van der Waals surface area contributed by atoms with Crippen LogP contribution in [0, 0.1) is 0 Å². The number of imide groups is 1. The van der Waals surface area contributed by atoms with Crippen molar-refractivity contribution in [2.45, 2.75) is 58.2 Å². The van der Waals surface area contributed by atoms with Crippen LogP contribution in [-0.4, -0.2) is 55.9 Å². The van der Waals surface area contributed by atoms with Gasteiger partial charge in [0.05, 0.1) is 38.8 Å². The van der Waals surface area contributed by atoms with Crippen LogP contribution in [0.25, 0.3) is 11.0 Å². The number of imidazole rings is 1. The van der Waals surface area contributed by atoms with Crippen molar-refractivity contribution >= 4 is 52.1 Å². The number of rotatable bonds is 5. The fraction of sp³-hybridized carbons (Fsp3) is 0.333. The molecule has 2 aliphatic rings. The van der Waals surface area contributed by atoms with Gasteiger partial charge in [-0.2, -0.15) is 0 Å². The summed E-state index contributed by atoms with van der Waals surface area (Å²) in [6, 6.07) is 18.4. The van der Waals surface area contributed by atoms with E-state index in [9.17, 15) is 14.4 Å². The summed E-state index contributed by atoms with van der Waals surface area (Å²) in [4.78, 5) is 46.3. The SMILES string of the molecule is CC(C)(C)OC(=O)N1CCC(c2nc3cc(Cl)c(Cl)cc3n2Cc2ccc(CN3C(=O)c4ccccc4C3=O)cc2)CC1. The van der Waals surface area contributed by atoms with E-state index in [-0.39, 0.29) is 30.4 Å². The van der Waals surface area contributed by atoms with Gasteiger partial charge in [0, 0.05) is 25.6 Å². The number of hydrogen-bond donors (Lipinski definition) is 0. The van der Waals surface area contributed by atoms with Gasteiger partial charge in [0.1, 0.15) is 11.4 Å². The highest BCUT2D eigenvalue weighted by atomic mass is 35.5. The number of likely N-dealkylation sites (tertiary alicyclic amines) is 1. The molecule has 3 aromatic carbocycles. The van der Waals surface area contributed by atoms with Crippen LogP contribution in [0.2, 0.25) is 10.0 Å². The first kappa shape index (κ1) is 29.2. The van der Waals surface area contributed by atoms with E-state index in [1.54, 1.807) is 35.2 Å². The Labute approximate surface area is 260 Å². The number of benzene rings is 3. The largest absolute Gasteiger partial charge is 0.444 e. The zero-order valence-electron chi connectivity index (χ0n) is 24.3. The van der Waals surface area contributed by atoms with E-state index in [0.29, 0.717) is 40.8 Å². The normalized spacial score (nSPS) is 15.8. The second kappa shape index (κ2) is 11.3. The lowest BCUT2D eigenvalue weighted by Crippen LogP contribution is -2.41. The molecule has 0 radical (unpaired) electrons. The Hall–Kier alpha value is -3.88. The molecule has 0 bridgehead atoms.